The van der Waals surface area contributed by atoms with E-state index in [1.807, 2.05) is 0 Å². The van der Waals surface area contributed by atoms with Gasteiger partial charge in [0.05, 0.1) is 39.0 Å². The number of nitrogens with zero attached hydrogens (tertiary/aromatic N) is 2. The molecule has 0 heterocycles. The third kappa shape index (κ3) is 8.49. The summed E-state index contributed by atoms with van der Waals surface area (Å²) in [5.74, 6) is -0.445. The van der Waals surface area contributed by atoms with Gasteiger partial charge in [0.1, 0.15) is 29.9 Å². The van der Waals surface area contributed by atoms with E-state index in [1.54, 1.807) is 19.1 Å². The van der Waals surface area contributed by atoms with Crippen molar-refractivity contribution in [2.24, 2.45) is 0 Å². The average Bonchev–Trinajstić information content (AvgIpc) is 3.10. The second-order valence-corrected chi connectivity index (χ2v) is 13.3. The highest BCUT2D eigenvalue weighted by atomic mass is 32.2. The summed E-state index contributed by atoms with van der Waals surface area (Å²) in [5, 5.41) is 3.11. The molecule has 1 atom stereocenters. The molecule has 4 rings (SSSR count). The van der Waals surface area contributed by atoms with Crippen molar-refractivity contribution in [1.82, 2.24) is 10.2 Å². The number of benzene rings is 3. The number of hydrogen-bond acceptors (Lipinski definition) is 8. The van der Waals surface area contributed by atoms with Crippen molar-refractivity contribution in [3.63, 3.8) is 0 Å². The monoisotopic (exact) mass is 685 g/mol. The van der Waals surface area contributed by atoms with Crippen LogP contribution in [0.5, 0.6) is 23.0 Å². The van der Waals surface area contributed by atoms with Crippen LogP contribution in [0.4, 0.5) is 10.1 Å². The topological polar surface area (TPSA) is 124 Å². The van der Waals surface area contributed by atoms with Crippen LogP contribution in [-0.2, 0) is 26.2 Å². The van der Waals surface area contributed by atoms with Gasteiger partial charge in [0, 0.05) is 24.7 Å². The molecule has 13 heteroatoms. The summed E-state index contributed by atoms with van der Waals surface area (Å²) in [6, 6.07) is 13.4. The molecule has 0 unspecified atom stereocenters. The van der Waals surface area contributed by atoms with Crippen molar-refractivity contribution in [3.05, 3.63) is 72.0 Å². The fraction of sp³-hybridized carbons (Fsp3) is 0.429. The quantitative estimate of drug-likeness (QED) is 0.228. The molecule has 3 aromatic rings. The highest BCUT2D eigenvalue weighted by molar-refractivity contribution is 7.92. The number of hydrogen-bond donors (Lipinski definition) is 1. The fourth-order valence-corrected chi connectivity index (χ4v) is 7.29. The number of halogens is 1. The first kappa shape index (κ1) is 36.3. The van der Waals surface area contributed by atoms with Crippen LogP contribution < -0.4 is 28.6 Å². The van der Waals surface area contributed by atoms with Gasteiger partial charge in [0.15, 0.2) is 11.5 Å². The number of carbonyl (C=O) groups excluding carboxylic acids is 2. The number of methoxy groups -OCH3 is 4. The van der Waals surface area contributed by atoms with Crippen LogP contribution in [-0.4, -0.2) is 72.2 Å². The van der Waals surface area contributed by atoms with Crippen LogP contribution >= 0.6 is 0 Å². The van der Waals surface area contributed by atoms with Crippen LogP contribution in [0, 0.1) is 5.82 Å². The molecule has 3 aromatic carbocycles. The zero-order chi connectivity index (χ0) is 34.8. The third-order valence-corrected chi connectivity index (χ3v) is 10.2. The second-order valence-electron chi connectivity index (χ2n) is 11.5. The lowest BCUT2D eigenvalue weighted by Crippen LogP contribution is -2.54. The number of anilines is 1. The normalized spacial score (nSPS) is 14.0. The maximum Gasteiger partial charge on any atom is 0.265 e. The average molecular weight is 686 g/mol. The molecule has 1 saturated carbocycles. The molecule has 2 amide bonds. The second kappa shape index (κ2) is 16.5. The lowest BCUT2D eigenvalue weighted by atomic mass is 9.95. The molecule has 0 aliphatic heterocycles. The zero-order valence-electron chi connectivity index (χ0n) is 28.0. The van der Waals surface area contributed by atoms with E-state index in [2.05, 4.69) is 5.32 Å². The summed E-state index contributed by atoms with van der Waals surface area (Å²) in [5.41, 5.74) is 0.614. The standard InChI is InChI=1S/C35H44FN3O8S/c1-6-29(35(41)37-26-10-8-7-9-11-26)38(22-24-12-14-25(36)15-13-24)34(40)23-39(30-20-27(44-2)16-18-31(30)45-3)48(42,43)28-17-19-32(46-4)33(21-28)47-5/h12-21,26,29H,6-11,22-23H2,1-5H3,(H,37,41)/t29-/m0/s1. The molecule has 1 fully saturated rings. The lowest BCUT2D eigenvalue weighted by Gasteiger charge is -2.34. The molecular weight excluding hydrogens is 641 g/mol. The van der Waals surface area contributed by atoms with Crippen molar-refractivity contribution in [2.75, 3.05) is 39.3 Å². The summed E-state index contributed by atoms with van der Waals surface area (Å²) < 4.78 is 65.4. The molecule has 0 spiro atoms. The Kier molecular flexibility index (Phi) is 12.5. The van der Waals surface area contributed by atoms with E-state index >= 15 is 0 Å². The molecule has 0 radical (unpaired) electrons. The predicted molar refractivity (Wildman–Crippen MR) is 180 cm³/mol. The van der Waals surface area contributed by atoms with E-state index in [4.69, 9.17) is 18.9 Å². The molecular formula is C35H44FN3O8S. The van der Waals surface area contributed by atoms with Crippen LogP contribution in [0.3, 0.4) is 0 Å². The van der Waals surface area contributed by atoms with Crippen molar-refractivity contribution in [1.29, 1.82) is 0 Å². The Bertz CT molecular complexity index is 1660. The minimum absolute atomic E-state index is 0.00829. The number of nitrogens with one attached hydrogen (secondary N) is 1. The first-order valence-corrected chi connectivity index (χ1v) is 17.3. The van der Waals surface area contributed by atoms with Crippen LogP contribution in [0.15, 0.2) is 65.6 Å². The van der Waals surface area contributed by atoms with Crippen LogP contribution in [0.25, 0.3) is 0 Å². The van der Waals surface area contributed by atoms with Gasteiger partial charge < -0.3 is 29.2 Å². The van der Waals surface area contributed by atoms with Gasteiger partial charge in [-0.05, 0) is 61.2 Å². The third-order valence-electron chi connectivity index (χ3n) is 8.48. The maximum absolute atomic E-state index is 14.5. The number of rotatable bonds is 15. The van der Waals surface area contributed by atoms with Gasteiger partial charge in [-0.1, -0.05) is 38.3 Å². The molecule has 0 bridgehead atoms. The first-order chi connectivity index (χ1) is 23.1. The Balaban J connectivity index is 1.81. The zero-order valence-corrected chi connectivity index (χ0v) is 28.8. The number of carbonyl (C=O) groups is 2. The van der Waals surface area contributed by atoms with Gasteiger partial charge in [-0.15, -0.1) is 0 Å². The number of ether oxygens (including phenoxy) is 4. The minimum Gasteiger partial charge on any atom is -0.497 e. The highest BCUT2D eigenvalue weighted by Crippen LogP contribution is 2.38. The molecule has 48 heavy (non-hydrogen) atoms. The molecule has 260 valence electrons. The van der Waals surface area contributed by atoms with E-state index in [0.717, 1.165) is 36.4 Å². The SMILES string of the molecule is CC[C@@H](C(=O)NC1CCCCC1)N(Cc1ccc(F)cc1)C(=O)CN(c1cc(OC)ccc1OC)S(=O)(=O)c1ccc(OC)c(OC)c1. The van der Waals surface area contributed by atoms with E-state index in [0.29, 0.717) is 17.1 Å². The highest BCUT2D eigenvalue weighted by Gasteiger charge is 2.36. The molecule has 1 N–H and O–H groups in total. The Morgan fingerprint density at radius 2 is 1.50 bits per heavy atom. The van der Waals surface area contributed by atoms with Gasteiger partial charge in [0.25, 0.3) is 10.0 Å². The van der Waals surface area contributed by atoms with Gasteiger partial charge in [0.2, 0.25) is 11.8 Å². The van der Waals surface area contributed by atoms with Crippen molar-refractivity contribution in [2.45, 2.75) is 69.0 Å². The molecule has 11 nitrogen and oxygen atoms in total. The first-order valence-electron chi connectivity index (χ1n) is 15.9. The Labute approximate surface area is 282 Å². The summed E-state index contributed by atoms with van der Waals surface area (Å²) >= 11 is 0. The van der Waals surface area contributed by atoms with Gasteiger partial charge in [-0.25, -0.2) is 12.8 Å². The minimum atomic E-state index is -4.49. The van der Waals surface area contributed by atoms with Gasteiger partial charge in [-0.2, -0.15) is 0 Å². The maximum atomic E-state index is 14.5. The largest absolute Gasteiger partial charge is 0.497 e. The van der Waals surface area contributed by atoms with Crippen molar-refractivity contribution >= 4 is 27.5 Å². The van der Waals surface area contributed by atoms with E-state index in [-0.39, 0.29) is 47.0 Å². The molecule has 1 aliphatic carbocycles. The van der Waals surface area contributed by atoms with Crippen LogP contribution in [0.1, 0.15) is 51.0 Å². The summed E-state index contributed by atoms with van der Waals surface area (Å²) in [7, 11) is 1.15. The van der Waals surface area contributed by atoms with Crippen molar-refractivity contribution in [3.8, 4) is 23.0 Å². The van der Waals surface area contributed by atoms with Crippen molar-refractivity contribution < 1.29 is 41.3 Å². The van der Waals surface area contributed by atoms with E-state index < -0.39 is 34.3 Å². The van der Waals surface area contributed by atoms with Gasteiger partial charge in [-0.3, -0.25) is 13.9 Å². The Morgan fingerprint density at radius 3 is 2.10 bits per heavy atom. The summed E-state index contributed by atoms with van der Waals surface area (Å²) in [4.78, 5) is 29.4. The number of amides is 2. The Morgan fingerprint density at radius 1 is 0.854 bits per heavy atom. The summed E-state index contributed by atoms with van der Waals surface area (Å²) in [6.07, 6.45) is 5.08. The molecule has 0 aromatic heterocycles. The molecule has 0 saturated heterocycles. The summed E-state index contributed by atoms with van der Waals surface area (Å²) in [6.45, 7) is 1.03. The van der Waals surface area contributed by atoms with Gasteiger partial charge >= 0.3 is 0 Å². The smallest absolute Gasteiger partial charge is 0.265 e. The predicted octanol–water partition coefficient (Wildman–Crippen LogP) is 5.31. The Hall–Kier alpha value is -4.52. The fourth-order valence-electron chi connectivity index (χ4n) is 5.86. The van der Waals surface area contributed by atoms with E-state index in [9.17, 15) is 22.4 Å². The molecule has 1 aliphatic rings. The van der Waals surface area contributed by atoms with E-state index in [1.165, 1.54) is 81.9 Å². The number of sulfonamides is 1. The lowest BCUT2D eigenvalue weighted by molar-refractivity contribution is -0.140. The van der Waals surface area contributed by atoms with Crippen LogP contribution in [0.2, 0.25) is 0 Å².